The van der Waals surface area contributed by atoms with Crippen molar-refractivity contribution < 1.29 is 8.85 Å². The zero-order valence-corrected chi connectivity index (χ0v) is 11.3. The fraction of sp³-hybridized carbons (Fsp3) is 0.385. The highest BCUT2D eigenvalue weighted by Crippen LogP contribution is 2.15. The second-order valence-electron chi connectivity index (χ2n) is 3.93. The molecule has 0 heterocycles. The third-order valence-electron chi connectivity index (χ3n) is 2.80. The molecule has 0 amide bonds. The normalized spacial score (nSPS) is 14.4. The Morgan fingerprint density at radius 3 is 2.75 bits per heavy atom. The first-order valence-corrected chi connectivity index (χ1v) is 8.06. The van der Waals surface area contributed by atoms with Crippen molar-refractivity contribution >= 4 is 14.6 Å². The van der Waals surface area contributed by atoms with Crippen molar-refractivity contribution in [1.82, 2.24) is 0 Å². The van der Waals surface area contributed by atoms with Gasteiger partial charge in [0.25, 0.3) is 0 Å². The molecule has 0 saturated heterocycles. The van der Waals surface area contributed by atoms with Crippen LogP contribution in [0.3, 0.4) is 0 Å². The second-order valence-corrected chi connectivity index (χ2v) is 7.60. The van der Waals surface area contributed by atoms with E-state index in [1.165, 1.54) is 5.56 Å². The summed E-state index contributed by atoms with van der Waals surface area (Å²) in [5, 5.41) is 0. The predicted molar refractivity (Wildman–Crippen MR) is 70.4 cm³/mol. The standard InChI is InChI=1S/C13H20O2Si/c1-5-12-8-7-9-13(10-12)11-15-16(4,6-2)14-3/h5,7-10H,1,6,11H2,2-4H3. The minimum Gasteiger partial charge on any atom is -0.398 e. The van der Waals surface area contributed by atoms with Crippen LogP contribution in [0.25, 0.3) is 6.08 Å². The van der Waals surface area contributed by atoms with Gasteiger partial charge in [-0.2, -0.15) is 0 Å². The van der Waals surface area contributed by atoms with E-state index in [2.05, 4.69) is 32.2 Å². The molecular weight excluding hydrogens is 216 g/mol. The van der Waals surface area contributed by atoms with Gasteiger partial charge in [-0.1, -0.05) is 37.8 Å². The predicted octanol–water partition coefficient (Wildman–Crippen LogP) is 3.58. The van der Waals surface area contributed by atoms with Gasteiger partial charge in [-0.05, 0) is 29.8 Å². The fourth-order valence-electron chi connectivity index (χ4n) is 1.35. The van der Waals surface area contributed by atoms with Gasteiger partial charge in [0.05, 0.1) is 6.61 Å². The smallest absolute Gasteiger partial charge is 0.334 e. The molecule has 0 N–H and O–H groups in total. The first-order valence-electron chi connectivity index (χ1n) is 5.54. The van der Waals surface area contributed by atoms with Gasteiger partial charge in [0.2, 0.25) is 0 Å². The molecule has 0 aliphatic rings. The number of rotatable bonds is 6. The quantitative estimate of drug-likeness (QED) is 0.703. The molecule has 88 valence electrons. The Kier molecular flexibility index (Phi) is 4.93. The van der Waals surface area contributed by atoms with Gasteiger partial charge in [-0.3, -0.25) is 0 Å². The molecule has 1 aromatic carbocycles. The largest absolute Gasteiger partial charge is 0.398 e. The van der Waals surface area contributed by atoms with Crippen LogP contribution in [0, 0.1) is 0 Å². The maximum atomic E-state index is 5.90. The van der Waals surface area contributed by atoms with E-state index in [9.17, 15) is 0 Å². The highest BCUT2D eigenvalue weighted by molar-refractivity contribution is 6.65. The lowest BCUT2D eigenvalue weighted by atomic mass is 10.1. The van der Waals surface area contributed by atoms with E-state index >= 15 is 0 Å². The summed E-state index contributed by atoms with van der Waals surface area (Å²) >= 11 is 0. The van der Waals surface area contributed by atoms with Crippen molar-refractivity contribution in [2.24, 2.45) is 0 Å². The summed E-state index contributed by atoms with van der Waals surface area (Å²) in [4.78, 5) is 0. The van der Waals surface area contributed by atoms with Crippen molar-refractivity contribution in [1.29, 1.82) is 0 Å². The minimum absolute atomic E-state index is 0.617. The van der Waals surface area contributed by atoms with E-state index in [1.807, 2.05) is 18.2 Å². The van der Waals surface area contributed by atoms with Crippen molar-refractivity contribution in [3.63, 3.8) is 0 Å². The number of benzene rings is 1. The topological polar surface area (TPSA) is 18.5 Å². The molecule has 0 bridgehead atoms. The van der Waals surface area contributed by atoms with Crippen LogP contribution in [0.1, 0.15) is 18.1 Å². The Balaban J connectivity index is 2.63. The summed E-state index contributed by atoms with van der Waals surface area (Å²) in [6.07, 6.45) is 1.84. The fourth-order valence-corrected chi connectivity index (χ4v) is 2.43. The van der Waals surface area contributed by atoms with Gasteiger partial charge in [0, 0.05) is 7.11 Å². The zero-order valence-electron chi connectivity index (χ0n) is 10.3. The Labute approximate surface area is 99.2 Å². The molecule has 2 nitrogen and oxygen atoms in total. The summed E-state index contributed by atoms with van der Waals surface area (Å²) in [5.41, 5.74) is 2.29. The molecule has 0 radical (unpaired) electrons. The molecule has 1 unspecified atom stereocenters. The maximum Gasteiger partial charge on any atom is 0.334 e. The van der Waals surface area contributed by atoms with E-state index in [-0.39, 0.29) is 0 Å². The molecule has 0 aliphatic carbocycles. The molecule has 0 spiro atoms. The lowest BCUT2D eigenvalue weighted by molar-refractivity contribution is 0.196. The summed E-state index contributed by atoms with van der Waals surface area (Å²) in [7, 11) is -0.202. The maximum absolute atomic E-state index is 5.90. The Morgan fingerprint density at radius 1 is 1.44 bits per heavy atom. The molecule has 3 heteroatoms. The van der Waals surface area contributed by atoms with Crippen LogP contribution in [0.2, 0.25) is 12.6 Å². The van der Waals surface area contributed by atoms with Crippen molar-refractivity contribution in [3.05, 3.63) is 42.0 Å². The second kappa shape index (κ2) is 5.99. The van der Waals surface area contributed by atoms with Crippen LogP contribution >= 0.6 is 0 Å². The minimum atomic E-state index is -1.93. The third-order valence-corrected chi connectivity index (χ3v) is 5.71. The Morgan fingerprint density at radius 2 is 2.19 bits per heavy atom. The summed E-state index contributed by atoms with van der Waals surface area (Å²) < 4.78 is 11.4. The lowest BCUT2D eigenvalue weighted by Gasteiger charge is -2.23. The molecule has 0 aliphatic heterocycles. The first kappa shape index (κ1) is 13.2. The SMILES string of the molecule is C=Cc1cccc(CO[Si](C)(CC)OC)c1. The molecule has 0 fully saturated rings. The molecule has 16 heavy (non-hydrogen) atoms. The zero-order chi connectivity index (χ0) is 12.0. The highest BCUT2D eigenvalue weighted by Gasteiger charge is 2.27. The summed E-state index contributed by atoms with van der Waals surface area (Å²) in [6.45, 7) is 8.57. The third kappa shape index (κ3) is 3.59. The van der Waals surface area contributed by atoms with E-state index in [4.69, 9.17) is 8.85 Å². The van der Waals surface area contributed by atoms with Crippen LogP contribution in [0.5, 0.6) is 0 Å². The van der Waals surface area contributed by atoms with Crippen LogP contribution in [-0.4, -0.2) is 15.7 Å². The Bertz CT molecular complexity index is 346. The molecular formula is C13H20O2Si. The van der Waals surface area contributed by atoms with Gasteiger partial charge in [-0.15, -0.1) is 0 Å². The van der Waals surface area contributed by atoms with E-state index < -0.39 is 8.56 Å². The monoisotopic (exact) mass is 236 g/mol. The number of hydrogen-bond acceptors (Lipinski definition) is 2. The van der Waals surface area contributed by atoms with Gasteiger partial charge in [0.1, 0.15) is 0 Å². The average Bonchev–Trinajstić information content (AvgIpc) is 2.36. The average molecular weight is 236 g/mol. The van der Waals surface area contributed by atoms with Crippen LogP contribution < -0.4 is 0 Å². The lowest BCUT2D eigenvalue weighted by Crippen LogP contribution is -2.36. The summed E-state index contributed by atoms with van der Waals surface area (Å²) in [5.74, 6) is 0. The molecule has 1 rings (SSSR count). The van der Waals surface area contributed by atoms with E-state index in [1.54, 1.807) is 7.11 Å². The van der Waals surface area contributed by atoms with E-state index in [0.717, 1.165) is 11.6 Å². The van der Waals surface area contributed by atoms with Gasteiger partial charge in [0.15, 0.2) is 0 Å². The molecule has 1 atom stereocenters. The van der Waals surface area contributed by atoms with Gasteiger partial charge >= 0.3 is 8.56 Å². The van der Waals surface area contributed by atoms with Gasteiger partial charge in [-0.25, -0.2) is 0 Å². The van der Waals surface area contributed by atoms with Crippen molar-refractivity contribution in [2.75, 3.05) is 7.11 Å². The first-order chi connectivity index (χ1) is 7.63. The number of hydrogen-bond donors (Lipinski definition) is 0. The van der Waals surface area contributed by atoms with Crippen LogP contribution in [0.4, 0.5) is 0 Å². The van der Waals surface area contributed by atoms with Crippen LogP contribution in [-0.2, 0) is 15.5 Å². The highest BCUT2D eigenvalue weighted by atomic mass is 28.4. The van der Waals surface area contributed by atoms with E-state index in [0.29, 0.717) is 6.61 Å². The molecule has 1 aromatic rings. The Hall–Kier alpha value is -0.903. The van der Waals surface area contributed by atoms with Gasteiger partial charge < -0.3 is 8.85 Å². The molecule has 0 aromatic heterocycles. The van der Waals surface area contributed by atoms with Crippen LogP contribution in [0.15, 0.2) is 30.8 Å². The van der Waals surface area contributed by atoms with Crippen molar-refractivity contribution in [2.45, 2.75) is 26.1 Å². The van der Waals surface area contributed by atoms with Crippen molar-refractivity contribution in [3.8, 4) is 0 Å². The summed E-state index contributed by atoms with van der Waals surface area (Å²) in [6, 6.07) is 9.17. The molecule has 0 saturated carbocycles.